The summed E-state index contributed by atoms with van der Waals surface area (Å²) in [6, 6.07) is 6.81. The van der Waals surface area contributed by atoms with E-state index >= 15 is 0 Å². The minimum absolute atomic E-state index is 0.163. The first-order valence-electron chi connectivity index (χ1n) is 6.86. The lowest BCUT2D eigenvalue weighted by Crippen LogP contribution is -2.52. The number of hydrogen-bond acceptors (Lipinski definition) is 2. The first kappa shape index (κ1) is 14.0. The van der Waals surface area contributed by atoms with Crippen LogP contribution < -0.4 is 0 Å². The molecule has 1 unspecified atom stereocenters. The summed E-state index contributed by atoms with van der Waals surface area (Å²) in [6.07, 6.45) is 1.06. The Hall–Kier alpha value is -1.42. The van der Waals surface area contributed by atoms with Crippen molar-refractivity contribution >= 4 is 5.91 Å². The predicted molar refractivity (Wildman–Crippen MR) is 73.1 cm³/mol. The molecule has 19 heavy (non-hydrogen) atoms. The van der Waals surface area contributed by atoms with Gasteiger partial charge >= 0.3 is 0 Å². The molecule has 0 bridgehead atoms. The summed E-state index contributed by atoms with van der Waals surface area (Å²) >= 11 is 0. The summed E-state index contributed by atoms with van der Waals surface area (Å²) in [6.45, 7) is 7.04. The number of piperazine rings is 1. The van der Waals surface area contributed by atoms with Gasteiger partial charge in [0, 0.05) is 25.7 Å². The molecule has 1 saturated heterocycles. The highest BCUT2D eigenvalue weighted by Crippen LogP contribution is 2.13. The fourth-order valence-corrected chi connectivity index (χ4v) is 2.34. The Morgan fingerprint density at radius 2 is 1.95 bits per heavy atom. The van der Waals surface area contributed by atoms with Gasteiger partial charge in [0.05, 0.1) is 6.54 Å². The fraction of sp³-hybridized carbons (Fsp3) is 0.533. The van der Waals surface area contributed by atoms with Crippen molar-refractivity contribution in [1.82, 2.24) is 9.80 Å². The normalized spacial score (nSPS) is 18.7. The van der Waals surface area contributed by atoms with Gasteiger partial charge in [-0.05, 0) is 31.0 Å². The van der Waals surface area contributed by atoms with Gasteiger partial charge in [-0.2, -0.15) is 0 Å². The Balaban J connectivity index is 1.93. The maximum atomic E-state index is 12.8. The largest absolute Gasteiger partial charge is 0.336 e. The second-order valence-electron chi connectivity index (χ2n) is 5.17. The van der Waals surface area contributed by atoms with Crippen molar-refractivity contribution in [3.8, 4) is 0 Å². The van der Waals surface area contributed by atoms with Crippen molar-refractivity contribution < 1.29 is 9.18 Å². The third kappa shape index (κ3) is 3.53. The summed E-state index contributed by atoms with van der Waals surface area (Å²) in [5, 5.41) is 0. The third-order valence-corrected chi connectivity index (χ3v) is 3.85. The van der Waals surface area contributed by atoms with Crippen LogP contribution in [0.25, 0.3) is 0 Å². The van der Waals surface area contributed by atoms with Gasteiger partial charge in [0.1, 0.15) is 5.82 Å². The van der Waals surface area contributed by atoms with Gasteiger partial charge in [0.2, 0.25) is 5.91 Å². The molecule has 1 heterocycles. The van der Waals surface area contributed by atoms with E-state index in [4.69, 9.17) is 0 Å². The molecule has 1 atom stereocenters. The molecular formula is C15H21FN2O. The van der Waals surface area contributed by atoms with Crippen LogP contribution in [0.4, 0.5) is 4.39 Å². The van der Waals surface area contributed by atoms with Crippen molar-refractivity contribution in [2.45, 2.75) is 32.9 Å². The van der Waals surface area contributed by atoms with Gasteiger partial charge in [0.15, 0.2) is 0 Å². The van der Waals surface area contributed by atoms with Gasteiger partial charge in [0.25, 0.3) is 0 Å². The molecule has 4 heteroatoms. The SMILES string of the molecule is CCC(C)N1CCN(Cc2ccc(F)cc2)C(=O)C1. The van der Waals surface area contributed by atoms with Crippen LogP contribution in [0.1, 0.15) is 25.8 Å². The molecule has 3 nitrogen and oxygen atoms in total. The highest BCUT2D eigenvalue weighted by molar-refractivity contribution is 5.79. The van der Waals surface area contributed by atoms with Gasteiger partial charge in [-0.25, -0.2) is 4.39 Å². The Kier molecular flexibility index (Phi) is 4.53. The Bertz CT molecular complexity index is 432. The first-order valence-corrected chi connectivity index (χ1v) is 6.86. The summed E-state index contributed by atoms with van der Waals surface area (Å²) in [5.74, 6) is -0.0764. The van der Waals surface area contributed by atoms with Gasteiger partial charge in [-0.15, -0.1) is 0 Å². The van der Waals surface area contributed by atoms with E-state index in [1.165, 1.54) is 12.1 Å². The number of carbonyl (C=O) groups is 1. The van der Waals surface area contributed by atoms with Crippen LogP contribution in [0.2, 0.25) is 0 Å². The van der Waals surface area contributed by atoms with Crippen molar-refractivity contribution in [3.63, 3.8) is 0 Å². The van der Waals surface area contributed by atoms with Crippen LogP contribution >= 0.6 is 0 Å². The summed E-state index contributed by atoms with van der Waals surface area (Å²) in [4.78, 5) is 16.2. The number of nitrogens with zero attached hydrogens (tertiary/aromatic N) is 2. The zero-order valence-corrected chi connectivity index (χ0v) is 11.6. The molecular weight excluding hydrogens is 243 g/mol. The second-order valence-corrected chi connectivity index (χ2v) is 5.17. The van der Waals surface area contributed by atoms with Crippen LogP contribution in [0.15, 0.2) is 24.3 Å². The van der Waals surface area contributed by atoms with Crippen molar-refractivity contribution in [2.75, 3.05) is 19.6 Å². The molecule has 1 amide bonds. The number of benzene rings is 1. The molecule has 0 spiro atoms. The average molecular weight is 264 g/mol. The maximum absolute atomic E-state index is 12.8. The maximum Gasteiger partial charge on any atom is 0.237 e. The Morgan fingerprint density at radius 1 is 1.26 bits per heavy atom. The van der Waals surface area contributed by atoms with E-state index in [1.807, 2.05) is 4.90 Å². The average Bonchev–Trinajstić information content (AvgIpc) is 2.42. The zero-order chi connectivity index (χ0) is 13.8. The molecule has 0 radical (unpaired) electrons. The molecule has 0 aromatic heterocycles. The monoisotopic (exact) mass is 264 g/mol. The molecule has 104 valence electrons. The standard InChI is InChI=1S/C15H21FN2O/c1-3-12(2)17-8-9-18(15(19)11-17)10-13-4-6-14(16)7-5-13/h4-7,12H,3,8-11H2,1-2H3. The van der Waals surface area contributed by atoms with Crippen LogP contribution in [0.3, 0.4) is 0 Å². The minimum atomic E-state index is -0.239. The highest BCUT2D eigenvalue weighted by atomic mass is 19.1. The number of rotatable bonds is 4. The topological polar surface area (TPSA) is 23.6 Å². The molecule has 1 aliphatic heterocycles. The molecule has 1 aromatic carbocycles. The molecule has 1 fully saturated rings. The van der Waals surface area contributed by atoms with E-state index in [9.17, 15) is 9.18 Å². The summed E-state index contributed by atoms with van der Waals surface area (Å²) < 4.78 is 12.8. The number of amides is 1. The fourth-order valence-electron chi connectivity index (χ4n) is 2.34. The van der Waals surface area contributed by atoms with Crippen molar-refractivity contribution in [3.05, 3.63) is 35.6 Å². The molecule has 0 N–H and O–H groups in total. The van der Waals surface area contributed by atoms with Crippen molar-refractivity contribution in [2.24, 2.45) is 0 Å². The van der Waals surface area contributed by atoms with Gasteiger partial charge < -0.3 is 4.90 Å². The molecule has 1 aliphatic rings. The van der Waals surface area contributed by atoms with Crippen LogP contribution in [0.5, 0.6) is 0 Å². The first-order chi connectivity index (χ1) is 9.10. The van der Waals surface area contributed by atoms with E-state index in [2.05, 4.69) is 18.7 Å². The quantitative estimate of drug-likeness (QED) is 0.833. The van der Waals surface area contributed by atoms with Crippen LogP contribution in [-0.2, 0) is 11.3 Å². The van der Waals surface area contributed by atoms with Crippen LogP contribution in [0, 0.1) is 5.82 Å². The van der Waals surface area contributed by atoms with E-state index in [-0.39, 0.29) is 11.7 Å². The summed E-state index contributed by atoms with van der Waals surface area (Å²) in [5.41, 5.74) is 0.978. The van der Waals surface area contributed by atoms with Gasteiger partial charge in [-0.1, -0.05) is 19.1 Å². The van der Waals surface area contributed by atoms with E-state index in [1.54, 1.807) is 12.1 Å². The molecule has 1 aromatic rings. The zero-order valence-electron chi connectivity index (χ0n) is 11.6. The number of hydrogen-bond donors (Lipinski definition) is 0. The number of halogens is 1. The van der Waals surface area contributed by atoms with Crippen molar-refractivity contribution in [1.29, 1.82) is 0 Å². The number of carbonyl (C=O) groups excluding carboxylic acids is 1. The second kappa shape index (κ2) is 6.15. The molecule has 0 saturated carbocycles. The van der Waals surface area contributed by atoms with E-state index in [0.717, 1.165) is 25.1 Å². The van der Waals surface area contributed by atoms with E-state index < -0.39 is 0 Å². The predicted octanol–water partition coefficient (Wildman–Crippen LogP) is 2.27. The van der Waals surface area contributed by atoms with Gasteiger partial charge in [-0.3, -0.25) is 9.69 Å². The lowest BCUT2D eigenvalue weighted by Gasteiger charge is -2.37. The summed E-state index contributed by atoms with van der Waals surface area (Å²) in [7, 11) is 0. The smallest absolute Gasteiger partial charge is 0.237 e. The Morgan fingerprint density at radius 3 is 2.53 bits per heavy atom. The Labute approximate surface area is 114 Å². The third-order valence-electron chi connectivity index (χ3n) is 3.85. The van der Waals surface area contributed by atoms with Crippen LogP contribution in [-0.4, -0.2) is 41.4 Å². The molecule has 2 rings (SSSR count). The van der Waals surface area contributed by atoms with E-state index in [0.29, 0.717) is 19.1 Å². The minimum Gasteiger partial charge on any atom is -0.336 e. The lowest BCUT2D eigenvalue weighted by molar-refractivity contribution is -0.137. The molecule has 0 aliphatic carbocycles. The highest BCUT2D eigenvalue weighted by Gasteiger charge is 2.26. The lowest BCUT2D eigenvalue weighted by atomic mass is 10.1.